The average Bonchev–Trinajstić information content (AvgIpc) is 2.66. The molecule has 0 spiro atoms. The second-order valence-corrected chi connectivity index (χ2v) is 6.49. The van der Waals surface area contributed by atoms with Crippen LogP contribution >= 0.6 is 0 Å². The van der Waals surface area contributed by atoms with E-state index in [4.69, 9.17) is 9.47 Å². The first-order chi connectivity index (χ1) is 12.8. The minimum absolute atomic E-state index is 0.222. The first-order valence-electron chi connectivity index (χ1n) is 8.79. The summed E-state index contributed by atoms with van der Waals surface area (Å²) in [5, 5.41) is 2.63. The van der Waals surface area contributed by atoms with E-state index < -0.39 is 18.0 Å². The van der Waals surface area contributed by atoms with Crippen LogP contribution < -0.4 is 10.1 Å². The van der Waals surface area contributed by atoms with E-state index >= 15 is 0 Å². The van der Waals surface area contributed by atoms with Gasteiger partial charge in [0.25, 0.3) is 5.91 Å². The molecule has 0 saturated heterocycles. The Balaban J connectivity index is 1.73. The van der Waals surface area contributed by atoms with Crippen molar-refractivity contribution in [2.45, 2.75) is 39.3 Å². The molecular formula is C21H24FNO4. The van der Waals surface area contributed by atoms with E-state index in [1.807, 2.05) is 12.1 Å². The summed E-state index contributed by atoms with van der Waals surface area (Å²) in [4.78, 5) is 23.8. The molecular weight excluding hydrogens is 349 g/mol. The van der Waals surface area contributed by atoms with Gasteiger partial charge < -0.3 is 14.8 Å². The second-order valence-electron chi connectivity index (χ2n) is 6.49. The van der Waals surface area contributed by atoms with Crippen LogP contribution in [0.15, 0.2) is 48.5 Å². The number of carbonyl (C=O) groups is 2. The van der Waals surface area contributed by atoms with Crippen molar-refractivity contribution in [2.75, 3.05) is 6.61 Å². The van der Waals surface area contributed by atoms with Gasteiger partial charge >= 0.3 is 5.97 Å². The van der Waals surface area contributed by atoms with Crippen molar-refractivity contribution < 1.29 is 23.5 Å². The molecule has 0 aliphatic rings. The minimum Gasteiger partial charge on any atom is -0.482 e. The molecule has 0 bridgehead atoms. The maximum atomic E-state index is 12.9. The molecule has 0 heterocycles. The SMILES string of the molecule is CC(C)c1ccc(OCC(=O)O[C@H](C)C(=O)NCc2ccc(F)cc2)cc1. The van der Waals surface area contributed by atoms with Crippen molar-refractivity contribution >= 4 is 11.9 Å². The second kappa shape index (κ2) is 9.71. The van der Waals surface area contributed by atoms with E-state index in [1.165, 1.54) is 24.6 Å². The van der Waals surface area contributed by atoms with E-state index in [-0.39, 0.29) is 19.0 Å². The molecule has 0 aliphatic heterocycles. The topological polar surface area (TPSA) is 64.6 Å². The Morgan fingerprint density at radius 3 is 2.22 bits per heavy atom. The van der Waals surface area contributed by atoms with Gasteiger partial charge in [-0.3, -0.25) is 4.79 Å². The molecule has 1 amide bonds. The van der Waals surface area contributed by atoms with Crippen LogP contribution in [0.3, 0.4) is 0 Å². The third kappa shape index (κ3) is 6.73. The summed E-state index contributed by atoms with van der Waals surface area (Å²) in [6, 6.07) is 13.2. The van der Waals surface area contributed by atoms with Gasteiger partial charge in [0, 0.05) is 6.54 Å². The van der Waals surface area contributed by atoms with Gasteiger partial charge in [-0.2, -0.15) is 0 Å². The van der Waals surface area contributed by atoms with Crippen LogP contribution in [0, 0.1) is 5.82 Å². The van der Waals surface area contributed by atoms with Crippen molar-refractivity contribution in [3.63, 3.8) is 0 Å². The Kier molecular flexibility index (Phi) is 7.34. The molecule has 1 N–H and O–H groups in total. The molecule has 144 valence electrons. The number of halogens is 1. The molecule has 2 aromatic carbocycles. The Morgan fingerprint density at radius 2 is 1.63 bits per heavy atom. The van der Waals surface area contributed by atoms with E-state index in [9.17, 15) is 14.0 Å². The highest BCUT2D eigenvalue weighted by Crippen LogP contribution is 2.18. The van der Waals surface area contributed by atoms with E-state index in [2.05, 4.69) is 19.2 Å². The average molecular weight is 373 g/mol. The van der Waals surface area contributed by atoms with E-state index in [1.54, 1.807) is 24.3 Å². The van der Waals surface area contributed by atoms with Crippen LogP contribution in [-0.4, -0.2) is 24.6 Å². The van der Waals surface area contributed by atoms with Crippen LogP contribution in [0.2, 0.25) is 0 Å². The normalized spacial score (nSPS) is 11.7. The minimum atomic E-state index is -0.954. The van der Waals surface area contributed by atoms with Crippen molar-refractivity contribution in [1.82, 2.24) is 5.32 Å². The van der Waals surface area contributed by atoms with Gasteiger partial charge in [-0.25, -0.2) is 9.18 Å². The fourth-order valence-electron chi connectivity index (χ4n) is 2.31. The van der Waals surface area contributed by atoms with Crippen LogP contribution in [0.5, 0.6) is 5.75 Å². The molecule has 1 atom stereocenters. The van der Waals surface area contributed by atoms with Gasteiger partial charge in [-0.05, 0) is 48.2 Å². The van der Waals surface area contributed by atoms with Gasteiger partial charge in [0.05, 0.1) is 0 Å². The quantitative estimate of drug-likeness (QED) is 0.719. The third-order valence-corrected chi connectivity index (χ3v) is 3.96. The highest BCUT2D eigenvalue weighted by atomic mass is 19.1. The Bertz CT molecular complexity index is 757. The van der Waals surface area contributed by atoms with Crippen LogP contribution in [0.1, 0.15) is 37.8 Å². The lowest BCUT2D eigenvalue weighted by Crippen LogP contribution is -2.36. The van der Waals surface area contributed by atoms with Gasteiger partial charge in [0.1, 0.15) is 11.6 Å². The number of nitrogens with one attached hydrogen (secondary N) is 1. The fourth-order valence-corrected chi connectivity index (χ4v) is 2.31. The lowest BCUT2D eigenvalue weighted by molar-refractivity contribution is -0.156. The van der Waals surface area contributed by atoms with Gasteiger partial charge in [0.2, 0.25) is 0 Å². The number of ether oxygens (including phenoxy) is 2. The number of hydrogen-bond donors (Lipinski definition) is 1. The molecule has 2 rings (SSSR count). The number of amides is 1. The molecule has 0 radical (unpaired) electrons. The maximum absolute atomic E-state index is 12.9. The smallest absolute Gasteiger partial charge is 0.344 e. The summed E-state index contributed by atoms with van der Waals surface area (Å²) in [6.07, 6.45) is -0.954. The van der Waals surface area contributed by atoms with E-state index in [0.717, 1.165) is 5.56 Å². The molecule has 0 unspecified atom stereocenters. The van der Waals surface area contributed by atoms with Gasteiger partial charge in [-0.15, -0.1) is 0 Å². The Labute approximate surface area is 158 Å². The summed E-state index contributed by atoms with van der Waals surface area (Å²) < 4.78 is 23.3. The lowest BCUT2D eigenvalue weighted by Gasteiger charge is -2.14. The van der Waals surface area contributed by atoms with Crippen LogP contribution in [0.4, 0.5) is 4.39 Å². The van der Waals surface area contributed by atoms with Gasteiger partial charge in [-0.1, -0.05) is 38.1 Å². The summed E-state index contributed by atoms with van der Waals surface area (Å²) >= 11 is 0. The molecule has 27 heavy (non-hydrogen) atoms. The highest BCUT2D eigenvalue weighted by Gasteiger charge is 2.18. The Morgan fingerprint density at radius 1 is 1.00 bits per heavy atom. The van der Waals surface area contributed by atoms with Crippen LogP contribution in [0.25, 0.3) is 0 Å². The summed E-state index contributed by atoms with van der Waals surface area (Å²) in [6.45, 7) is 5.61. The number of carbonyl (C=O) groups excluding carboxylic acids is 2. The zero-order valence-corrected chi connectivity index (χ0v) is 15.7. The fraction of sp³-hybridized carbons (Fsp3) is 0.333. The van der Waals surface area contributed by atoms with Crippen molar-refractivity contribution in [1.29, 1.82) is 0 Å². The molecule has 0 aliphatic carbocycles. The molecule has 0 aromatic heterocycles. The number of rotatable bonds is 8. The first kappa shape index (κ1) is 20.4. The predicted molar refractivity (Wildman–Crippen MR) is 99.8 cm³/mol. The first-order valence-corrected chi connectivity index (χ1v) is 8.79. The Hall–Kier alpha value is -2.89. The van der Waals surface area contributed by atoms with Crippen molar-refractivity contribution in [3.8, 4) is 5.75 Å². The van der Waals surface area contributed by atoms with Crippen LogP contribution in [-0.2, 0) is 20.9 Å². The zero-order valence-electron chi connectivity index (χ0n) is 15.7. The van der Waals surface area contributed by atoms with Gasteiger partial charge in [0.15, 0.2) is 12.7 Å². The number of esters is 1. The molecule has 0 saturated carbocycles. The molecule has 2 aromatic rings. The van der Waals surface area contributed by atoms with Crippen molar-refractivity contribution in [2.24, 2.45) is 0 Å². The monoisotopic (exact) mass is 373 g/mol. The third-order valence-electron chi connectivity index (χ3n) is 3.96. The van der Waals surface area contributed by atoms with E-state index in [0.29, 0.717) is 11.7 Å². The number of hydrogen-bond acceptors (Lipinski definition) is 4. The number of benzene rings is 2. The molecule has 5 nitrogen and oxygen atoms in total. The zero-order chi connectivity index (χ0) is 19.8. The lowest BCUT2D eigenvalue weighted by atomic mass is 10.0. The summed E-state index contributed by atoms with van der Waals surface area (Å²) in [5.74, 6) is -0.435. The standard InChI is InChI=1S/C21H24FNO4/c1-14(2)17-6-10-19(11-7-17)26-13-20(24)27-15(3)21(25)23-12-16-4-8-18(22)9-5-16/h4-11,14-15H,12-13H2,1-3H3,(H,23,25)/t15-/m1/s1. The van der Waals surface area contributed by atoms with Crippen molar-refractivity contribution in [3.05, 3.63) is 65.5 Å². The maximum Gasteiger partial charge on any atom is 0.344 e. The highest BCUT2D eigenvalue weighted by molar-refractivity contribution is 5.83. The predicted octanol–water partition coefficient (Wildman–Crippen LogP) is 3.58. The largest absolute Gasteiger partial charge is 0.482 e. The summed E-state index contributed by atoms with van der Waals surface area (Å²) in [7, 11) is 0. The summed E-state index contributed by atoms with van der Waals surface area (Å²) in [5.41, 5.74) is 1.92. The molecule has 6 heteroatoms. The molecule has 0 fully saturated rings.